The van der Waals surface area contributed by atoms with Crippen LogP contribution in [-0.4, -0.2) is 16.2 Å². The molecule has 1 unspecified atom stereocenters. The molecule has 0 spiro atoms. The molecule has 0 aliphatic rings. The summed E-state index contributed by atoms with van der Waals surface area (Å²) in [7, 11) is 0. The first-order valence-electron chi connectivity index (χ1n) is 4.58. The van der Waals surface area contributed by atoms with Gasteiger partial charge in [0.25, 0.3) is 0 Å². The van der Waals surface area contributed by atoms with Crippen molar-refractivity contribution >= 4 is 5.97 Å². The molecule has 0 radical (unpaired) electrons. The fraction of sp³-hybridized carbons (Fsp3) is 0.364. The molecule has 1 rings (SSSR count). The van der Waals surface area contributed by atoms with E-state index in [0.717, 1.165) is 5.56 Å². The fourth-order valence-corrected chi connectivity index (χ4v) is 0.983. The molecule has 78 valence electrons. The lowest BCUT2D eigenvalue weighted by Crippen LogP contribution is -2.10. The molecule has 0 fully saturated rings. The Hall–Kier alpha value is -1.35. The average molecular weight is 196 g/mol. The molecule has 0 aliphatic carbocycles. The van der Waals surface area contributed by atoms with Crippen LogP contribution < -0.4 is 0 Å². The van der Waals surface area contributed by atoms with Crippen molar-refractivity contribution in [1.82, 2.24) is 0 Å². The van der Waals surface area contributed by atoms with E-state index in [-0.39, 0.29) is 0 Å². The Balaban J connectivity index is 0.000000791. The quantitative estimate of drug-likeness (QED) is 0.761. The standard InChI is InChI=1S/C9H10O3.C2H6/c1-6-3-2-4-7(5-6)8(10)9(11)12;1-2/h2-5,8,10H,1H3,(H,11,12);1-2H3. The zero-order valence-corrected chi connectivity index (χ0v) is 8.69. The van der Waals surface area contributed by atoms with Gasteiger partial charge in [0.05, 0.1) is 0 Å². The number of hydrogen-bond donors (Lipinski definition) is 2. The summed E-state index contributed by atoms with van der Waals surface area (Å²) in [4.78, 5) is 10.4. The Labute approximate surface area is 84.0 Å². The van der Waals surface area contributed by atoms with Crippen molar-refractivity contribution in [2.75, 3.05) is 0 Å². The molecular weight excluding hydrogens is 180 g/mol. The first-order chi connectivity index (χ1) is 6.61. The van der Waals surface area contributed by atoms with Crippen molar-refractivity contribution in [2.24, 2.45) is 0 Å². The van der Waals surface area contributed by atoms with Crippen molar-refractivity contribution in [2.45, 2.75) is 26.9 Å². The molecule has 14 heavy (non-hydrogen) atoms. The van der Waals surface area contributed by atoms with Crippen LogP contribution in [0.5, 0.6) is 0 Å². The first kappa shape index (κ1) is 12.7. The van der Waals surface area contributed by atoms with Gasteiger partial charge in [-0.05, 0) is 12.5 Å². The van der Waals surface area contributed by atoms with E-state index in [0.29, 0.717) is 5.56 Å². The molecular formula is C11H16O3. The summed E-state index contributed by atoms with van der Waals surface area (Å²) in [6, 6.07) is 6.81. The van der Waals surface area contributed by atoms with Gasteiger partial charge in [0, 0.05) is 0 Å². The maximum atomic E-state index is 10.4. The maximum Gasteiger partial charge on any atom is 0.337 e. The lowest BCUT2D eigenvalue weighted by atomic mass is 10.1. The number of carboxylic acids is 1. The number of aliphatic hydroxyl groups is 1. The molecule has 1 atom stereocenters. The van der Waals surface area contributed by atoms with Crippen LogP contribution in [-0.2, 0) is 4.79 Å². The van der Waals surface area contributed by atoms with E-state index in [1.165, 1.54) is 0 Å². The van der Waals surface area contributed by atoms with Gasteiger partial charge in [0.2, 0.25) is 0 Å². The van der Waals surface area contributed by atoms with Gasteiger partial charge >= 0.3 is 5.97 Å². The normalized spacial score (nSPS) is 11.1. The van der Waals surface area contributed by atoms with Crippen LogP contribution in [0.2, 0.25) is 0 Å². The Morgan fingerprint density at radius 2 is 1.93 bits per heavy atom. The number of aryl methyl sites for hydroxylation is 1. The number of carboxylic acid groups (broad SMARTS) is 1. The highest BCUT2D eigenvalue weighted by molar-refractivity contribution is 5.74. The second-order valence-corrected chi connectivity index (χ2v) is 2.65. The SMILES string of the molecule is CC.Cc1cccc(C(O)C(=O)O)c1. The average Bonchev–Trinajstić information content (AvgIpc) is 2.19. The van der Waals surface area contributed by atoms with Crippen LogP contribution in [0, 0.1) is 6.92 Å². The van der Waals surface area contributed by atoms with Crippen molar-refractivity contribution in [3.63, 3.8) is 0 Å². The highest BCUT2D eigenvalue weighted by Gasteiger charge is 2.14. The Morgan fingerprint density at radius 1 is 1.36 bits per heavy atom. The minimum absolute atomic E-state index is 0.419. The van der Waals surface area contributed by atoms with Crippen molar-refractivity contribution in [3.05, 3.63) is 35.4 Å². The predicted octanol–water partition coefficient (Wildman–Crippen LogP) is 2.14. The van der Waals surface area contributed by atoms with Gasteiger partial charge in [0.1, 0.15) is 0 Å². The number of aliphatic carboxylic acids is 1. The van der Waals surface area contributed by atoms with E-state index in [1.807, 2.05) is 26.8 Å². The van der Waals surface area contributed by atoms with Gasteiger partial charge in [-0.2, -0.15) is 0 Å². The molecule has 0 heterocycles. The van der Waals surface area contributed by atoms with Gasteiger partial charge in [-0.25, -0.2) is 4.79 Å². The van der Waals surface area contributed by atoms with Crippen LogP contribution in [0.3, 0.4) is 0 Å². The largest absolute Gasteiger partial charge is 0.479 e. The summed E-state index contributed by atoms with van der Waals surface area (Å²) < 4.78 is 0. The van der Waals surface area contributed by atoms with Crippen molar-refractivity contribution < 1.29 is 15.0 Å². The second-order valence-electron chi connectivity index (χ2n) is 2.65. The number of hydrogen-bond acceptors (Lipinski definition) is 2. The Bertz CT molecular complexity index is 294. The molecule has 0 aliphatic heterocycles. The van der Waals surface area contributed by atoms with E-state index >= 15 is 0 Å². The molecule has 2 N–H and O–H groups in total. The summed E-state index contributed by atoms with van der Waals surface area (Å²) in [5.41, 5.74) is 1.36. The third kappa shape index (κ3) is 3.58. The van der Waals surface area contributed by atoms with Crippen LogP contribution >= 0.6 is 0 Å². The lowest BCUT2D eigenvalue weighted by molar-refractivity contribution is -0.146. The maximum absolute atomic E-state index is 10.4. The van der Waals surface area contributed by atoms with Crippen LogP contribution in [0.1, 0.15) is 31.1 Å². The fourth-order valence-electron chi connectivity index (χ4n) is 0.983. The zero-order chi connectivity index (χ0) is 11.1. The monoisotopic (exact) mass is 196 g/mol. The first-order valence-corrected chi connectivity index (χ1v) is 4.58. The Morgan fingerprint density at radius 3 is 2.36 bits per heavy atom. The lowest BCUT2D eigenvalue weighted by Gasteiger charge is -2.05. The minimum Gasteiger partial charge on any atom is -0.479 e. The highest BCUT2D eigenvalue weighted by Crippen LogP contribution is 2.13. The molecule has 0 saturated heterocycles. The van der Waals surface area contributed by atoms with Crippen LogP contribution in [0.4, 0.5) is 0 Å². The number of benzene rings is 1. The van der Waals surface area contributed by atoms with Crippen molar-refractivity contribution in [3.8, 4) is 0 Å². The number of aliphatic hydroxyl groups excluding tert-OH is 1. The smallest absolute Gasteiger partial charge is 0.337 e. The highest BCUT2D eigenvalue weighted by atomic mass is 16.4. The third-order valence-corrected chi connectivity index (χ3v) is 1.59. The van der Waals surface area contributed by atoms with Crippen molar-refractivity contribution in [1.29, 1.82) is 0 Å². The summed E-state index contributed by atoms with van der Waals surface area (Å²) in [6.07, 6.45) is -1.41. The molecule has 0 aromatic heterocycles. The molecule has 1 aromatic carbocycles. The van der Waals surface area contributed by atoms with E-state index in [4.69, 9.17) is 10.2 Å². The van der Waals surface area contributed by atoms with E-state index in [9.17, 15) is 4.79 Å². The molecule has 0 saturated carbocycles. The minimum atomic E-state index is -1.41. The zero-order valence-electron chi connectivity index (χ0n) is 8.69. The van der Waals surface area contributed by atoms with Gasteiger partial charge < -0.3 is 10.2 Å². The summed E-state index contributed by atoms with van der Waals surface area (Å²) in [5.74, 6) is -1.22. The van der Waals surface area contributed by atoms with E-state index in [2.05, 4.69) is 0 Å². The predicted molar refractivity (Wildman–Crippen MR) is 55.1 cm³/mol. The molecule has 3 nitrogen and oxygen atoms in total. The van der Waals surface area contributed by atoms with Gasteiger partial charge in [0.15, 0.2) is 6.10 Å². The van der Waals surface area contributed by atoms with Gasteiger partial charge in [-0.1, -0.05) is 43.7 Å². The topological polar surface area (TPSA) is 57.5 Å². The molecule has 1 aromatic rings. The summed E-state index contributed by atoms with van der Waals surface area (Å²) in [5, 5.41) is 17.6. The summed E-state index contributed by atoms with van der Waals surface area (Å²) >= 11 is 0. The Kier molecular flexibility index (Phi) is 5.56. The van der Waals surface area contributed by atoms with Crippen LogP contribution in [0.25, 0.3) is 0 Å². The second kappa shape index (κ2) is 6.16. The molecule has 0 bridgehead atoms. The van der Waals surface area contributed by atoms with Gasteiger partial charge in [-0.3, -0.25) is 0 Å². The number of rotatable bonds is 2. The van der Waals surface area contributed by atoms with Crippen LogP contribution in [0.15, 0.2) is 24.3 Å². The van der Waals surface area contributed by atoms with Gasteiger partial charge in [-0.15, -0.1) is 0 Å². The molecule has 3 heteroatoms. The molecule has 0 amide bonds. The summed E-state index contributed by atoms with van der Waals surface area (Å²) in [6.45, 7) is 5.85. The third-order valence-electron chi connectivity index (χ3n) is 1.59. The number of carbonyl (C=O) groups is 1. The van der Waals surface area contributed by atoms with E-state index in [1.54, 1.807) is 18.2 Å². The van der Waals surface area contributed by atoms with E-state index < -0.39 is 12.1 Å².